The summed E-state index contributed by atoms with van der Waals surface area (Å²) in [5.41, 5.74) is 0.738. The Morgan fingerprint density at radius 2 is 1.55 bits per heavy atom. The largest absolute Gasteiger partial charge is 0.449 e. The minimum atomic E-state index is -0.932. The first kappa shape index (κ1) is 21.5. The SMILES string of the molecule is C[C@@H](OC(=O)c1ccc2c(c1)C(=O)N(C1CCCCC1)C2=O)C(=O)NC1CCCCC1. The quantitative estimate of drug-likeness (QED) is 0.574. The maximum Gasteiger partial charge on any atom is 0.338 e. The molecule has 31 heavy (non-hydrogen) atoms. The van der Waals surface area contributed by atoms with Gasteiger partial charge in [-0.3, -0.25) is 19.3 Å². The Labute approximate surface area is 182 Å². The Hall–Kier alpha value is -2.70. The van der Waals surface area contributed by atoms with Crippen LogP contribution in [-0.2, 0) is 9.53 Å². The van der Waals surface area contributed by atoms with E-state index in [9.17, 15) is 19.2 Å². The normalized spacial score (nSPS) is 21.0. The summed E-state index contributed by atoms with van der Waals surface area (Å²) in [4.78, 5) is 52.1. The maximum atomic E-state index is 12.9. The second kappa shape index (κ2) is 9.20. The van der Waals surface area contributed by atoms with Crippen molar-refractivity contribution in [1.29, 1.82) is 0 Å². The van der Waals surface area contributed by atoms with Gasteiger partial charge in [0, 0.05) is 12.1 Å². The predicted molar refractivity (Wildman–Crippen MR) is 114 cm³/mol. The van der Waals surface area contributed by atoms with Crippen molar-refractivity contribution in [2.75, 3.05) is 0 Å². The molecule has 2 aliphatic carbocycles. The average Bonchev–Trinajstić information content (AvgIpc) is 3.04. The van der Waals surface area contributed by atoms with Gasteiger partial charge in [-0.2, -0.15) is 0 Å². The standard InChI is InChI=1S/C24H30N2O5/c1-15(21(27)25-17-8-4-2-5-9-17)31-24(30)16-12-13-19-20(14-16)23(29)26(22(19)28)18-10-6-3-7-11-18/h12-15,17-18H,2-11H2,1H3,(H,25,27)/t15-/m1/s1. The average molecular weight is 427 g/mol. The Morgan fingerprint density at radius 3 is 2.23 bits per heavy atom. The summed E-state index contributed by atoms with van der Waals surface area (Å²) in [7, 11) is 0. The van der Waals surface area contributed by atoms with Crippen molar-refractivity contribution >= 4 is 23.7 Å². The number of fused-ring (bicyclic) bond motifs is 1. The van der Waals surface area contributed by atoms with Crippen molar-refractivity contribution < 1.29 is 23.9 Å². The first-order valence-electron chi connectivity index (χ1n) is 11.5. The van der Waals surface area contributed by atoms with Crippen molar-refractivity contribution in [3.8, 4) is 0 Å². The summed E-state index contributed by atoms with van der Waals surface area (Å²) in [6.45, 7) is 1.54. The van der Waals surface area contributed by atoms with Gasteiger partial charge in [0.1, 0.15) is 0 Å². The summed E-state index contributed by atoms with van der Waals surface area (Å²) in [6.07, 6.45) is 9.15. The maximum absolute atomic E-state index is 12.9. The van der Waals surface area contributed by atoms with Crippen LogP contribution < -0.4 is 5.32 Å². The van der Waals surface area contributed by atoms with Gasteiger partial charge in [-0.1, -0.05) is 38.5 Å². The molecule has 166 valence electrons. The first-order valence-corrected chi connectivity index (χ1v) is 11.5. The second-order valence-electron chi connectivity index (χ2n) is 8.92. The van der Waals surface area contributed by atoms with Crippen LogP contribution in [0.2, 0.25) is 0 Å². The molecule has 0 aromatic heterocycles. The third kappa shape index (κ3) is 4.50. The molecule has 0 unspecified atom stereocenters. The van der Waals surface area contributed by atoms with Crippen molar-refractivity contribution in [2.24, 2.45) is 0 Å². The fourth-order valence-corrected chi connectivity index (χ4v) is 4.90. The van der Waals surface area contributed by atoms with E-state index in [0.29, 0.717) is 5.56 Å². The number of carbonyl (C=O) groups is 4. The van der Waals surface area contributed by atoms with E-state index in [1.54, 1.807) is 6.92 Å². The number of imide groups is 1. The molecule has 4 rings (SSSR count). The van der Waals surface area contributed by atoms with Crippen LogP contribution in [0.25, 0.3) is 0 Å². The summed E-state index contributed by atoms with van der Waals surface area (Å²) >= 11 is 0. The molecule has 2 fully saturated rings. The molecule has 1 aromatic carbocycles. The molecule has 2 saturated carbocycles. The Bertz CT molecular complexity index is 884. The molecule has 3 amide bonds. The number of rotatable bonds is 5. The van der Waals surface area contributed by atoms with Crippen LogP contribution in [0.1, 0.15) is 102 Å². The summed E-state index contributed by atoms with van der Waals surface area (Å²) in [6, 6.07) is 4.49. The second-order valence-corrected chi connectivity index (χ2v) is 8.92. The van der Waals surface area contributed by atoms with Crippen LogP contribution in [-0.4, -0.2) is 46.8 Å². The van der Waals surface area contributed by atoms with Crippen LogP contribution in [0.5, 0.6) is 0 Å². The molecule has 1 aliphatic heterocycles. The highest BCUT2D eigenvalue weighted by Gasteiger charge is 2.40. The molecule has 3 aliphatic rings. The van der Waals surface area contributed by atoms with Crippen molar-refractivity contribution in [2.45, 2.75) is 89.3 Å². The van der Waals surface area contributed by atoms with Gasteiger partial charge in [0.05, 0.1) is 16.7 Å². The number of amides is 3. The number of esters is 1. The smallest absolute Gasteiger partial charge is 0.338 e. The van der Waals surface area contributed by atoms with Gasteiger partial charge in [0.25, 0.3) is 17.7 Å². The van der Waals surface area contributed by atoms with Crippen LogP contribution in [0.4, 0.5) is 0 Å². The lowest BCUT2D eigenvalue weighted by molar-refractivity contribution is -0.130. The van der Waals surface area contributed by atoms with E-state index < -0.39 is 12.1 Å². The summed E-state index contributed by atoms with van der Waals surface area (Å²) < 4.78 is 5.34. The number of hydrogen-bond donors (Lipinski definition) is 1. The molecule has 1 aromatic rings. The molecule has 1 atom stereocenters. The fourth-order valence-electron chi connectivity index (χ4n) is 4.90. The summed E-state index contributed by atoms with van der Waals surface area (Å²) in [5, 5.41) is 2.95. The van der Waals surface area contributed by atoms with Crippen molar-refractivity contribution in [3.05, 3.63) is 34.9 Å². The van der Waals surface area contributed by atoms with Gasteiger partial charge in [0.2, 0.25) is 0 Å². The van der Waals surface area contributed by atoms with Gasteiger partial charge in [-0.05, 0) is 50.8 Å². The van der Waals surface area contributed by atoms with Crippen molar-refractivity contribution in [1.82, 2.24) is 10.2 Å². The predicted octanol–water partition coefficient (Wildman–Crippen LogP) is 3.61. The molecular formula is C24H30N2O5. The molecule has 1 heterocycles. The van der Waals surface area contributed by atoms with Gasteiger partial charge < -0.3 is 10.1 Å². The van der Waals surface area contributed by atoms with E-state index in [2.05, 4.69) is 5.32 Å². The van der Waals surface area contributed by atoms with E-state index in [1.807, 2.05) is 0 Å². The minimum Gasteiger partial charge on any atom is -0.449 e. The molecule has 1 N–H and O–H groups in total. The number of nitrogens with zero attached hydrogens (tertiary/aromatic N) is 1. The first-order chi connectivity index (χ1) is 15.0. The van der Waals surface area contributed by atoms with E-state index in [1.165, 1.54) is 29.5 Å². The van der Waals surface area contributed by atoms with Crippen LogP contribution in [0.15, 0.2) is 18.2 Å². The van der Waals surface area contributed by atoms with Crippen LogP contribution >= 0.6 is 0 Å². The van der Waals surface area contributed by atoms with Gasteiger partial charge >= 0.3 is 5.97 Å². The highest BCUT2D eigenvalue weighted by molar-refractivity contribution is 6.22. The lowest BCUT2D eigenvalue weighted by Crippen LogP contribution is -2.42. The lowest BCUT2D eigenvalue weighted by atomic mass is 9.94. The van der Waals surface area contributed by atoms with Gasteiger partial charge in [0.15, 0.2) is 6.10 Å². The topological polar surface area (TPSA) is 92.8 Å². The number of carbonyl (C=O) groups excluding carboxylic acids is 4. The van der Waals surface area contributed by atoms with Gasteiger partial charge in [-0.15, -0.1) is 0 Å². The van der Waals surface area contributed by atoms with E-state index in [0.717, 1.165) is 57.8 Å². The Balaban J connectivity index is 1.41. The van der Waals surface area contributed by atoms with Crippen LogP contribution in [0, 0.1) is 0 Å². The van der Waals surface area contributed by atoms with Crippen molar-refractivity contribution in [3.63, 3.8) is 0 Å². The number of benzene rings is 1. The zero-order valence-corrected chi connectivity index (χ0v) is 18.0. The third-order valence-electron chi connectivity index (χ3n) is 6.70. The highest BCUT2D eigenvalue weighted by atomic mass is 16.5. The monoisotopic (exact) mass is 426 g/mol. The lowest BCUT2D eigenvalue weighted by Gasteiger charge is -2.29. The molecule has 7 heteroatoms. The fraction of sp³-hybridized carbons (Fsp3) is 0.583. The minimum absolute atomic E-state index is 0.0694. The number of nitrogens with one attached hydrogen (secondary N) is 1. The summed E-state index contributed by atoms with van der Waals surface area (Å²) in [5.74, 6) is -1.61. The Morgan fingerprint density at radius 1 is 0.935 bits per heavy atom. The molecule has 0 radical (unpaired) electrons. The Kier molecular flexibility index (Phi) is 6.39. The molecule has 0 bridgehead atoms. The number of hydrogen-bond acceptors (Lipinski definition) is 5. The molecule has 7 nitrogen and oxygen atoms in total. The molecule has 0 saturated heterocycles. The van der Waals surface area contributed by atoms with E-state index in [-0.39, 0.29) is 40.9 Å². The van der Waals surface area contributed by atoms with E-state index >= 15 is 0 Å². The third-order valence-corrected chi connectivity index (χ3v) is 6.70. The zero-order valence-electron chi connectivity index (χ0n) is 18.0. The highest BCUT2D eigenvalue weighted by Crippen LogP contribution is 2.31. The molecule has 0 spiro atoms. The van der Waals surface area contributed by atoms with Gasteiger partial charge in [-0.25, -0.2) is 4.79 Å². The zero-order chi connectivity index (χ0) is 22.0. The van der Waals surface area contributed by atoms with E-state index in [4.69, 9.17) is 4.74 Å². The number of ether oxygens (including phenoxy) is 1. The molecular weight excluding hydrogens is 396 g/mol. The van der Waals surface area contributed by atoms with Crippen LogP contribution in [0.3, 0.4) is 0 Å².